The average Bonchev–Trinajstić information content (AvgIpc) is 2.40. The molecule has 5 nitrogen and oxygen atoms in total. The first-order valence-electron chi connectivity index (χ1n) is 4.56. The summed E-state index contributed by atoms with van der Waals surface area (Å²) >= 11 is 1.46. The molecule has 0 fully saturated rings. The zero-order valence-electron chi connectivity index (χ0n) is 9.11. The molecule has 0 aromatic carbocycles. The van der Waals surface area contributed by atoms with Crippen LogP contribution in [0.1, 0.15) is 10.6 Å². The van der Waals surface area contributed by atoms with Crippen LogP contribution in [-0.2, 0) is 11.3 Å². The minimum atomic E-state index is -0.664. The first-order chi connectivity index (χ1) is 7.06. The Morgan fingerprint density at radius 1 is 1.60 bits per heavy atom. The van der Waals surface area contributed by atoms with E-state index in [9.17, 15) is 4.79 Å². The minimum absolute atomic E-state index is 0.586. The summed E-state index contributed by atoms with van der Waals surface area (Å²) in [6, 6.07) is -0.664. The maximum Gasteiger partial charge on any atom is 0.341 e. The lowest BCUT2D eigenvalue weighted by Crippen LogP contribution is -2.22. The molecule has 1 aromatic heterocycles. The quantitative estimate of drug-likeness (QED) is 0.832. The molecule has 0 aliphatic heterocycles. The van der Waals surface area contributed by atoms with Gasteiger partial charge in [0.1, 0.15) is 0 Å². The number of urea groups is 1. The number of aryl methyl sites for hydroxylation is 1. The number of carbonyl (C=O) groups is 1. The van der Waals surface area contributed by atoms with Gasteiger partial charge in [-0.25, -0.2) is 4.79 Å². The van der Waals surface area contributed by atoms with Gasteiger partial charge in [-0.05, 0) is 13.8 Å². The van der Waals surface area contributed by atoms with Gasteiger partial charge < -0.3 is 15.0 Å². The van der Waals surface area contributed by atoms with Gasteiger partial charge in [-0.1, -0.05) is 0 Å². The standard InChI is InChI=1S/C9H15N3O2S/c1-6-7(2)15-9(11-8(10)13)12(6)4-5-14-3/h4-5H2,1-3H3,(H2,10,13). The van der Waals surface area contributed by atoms with Crippen LogP contribution in [0.5, 0.6) is 0 Å². The molecule has 0 aliphatic rings. The molecule has 0 unspecified atom stereocenters. The van der Waals surface area contributed by atoms with Crippen LogP contribution in [0.3, 0.4) is 0 Å². The van der Waals surface area contributed by atoms with E-state index in [2.05, 4.69) is 4.99 Å². The average molecular weight is 229 g/mol. The van der Waals surface area contributed by atoms with E-state index in [4.69, 9.17) is 10.5 Å². The van der Waals surface area contributed by atoms with E-state index in [0.29, 0.717) is 18.0 Å². The van der Waals surface area contributed by atoms with Gasteiger partial charge in [0.05, 0.1) is 6.61 Å². The minimum Gasteiger partial charge on any atom is -0.383 e. The molecule has 1 aromatic rings. The zero-order chi connectivity index (χ0) is 11.4. The molecule has 0 radical (unpaired) electrons. The van der Waals surface area contributed by atoms with Gasteiger partial charge in [-0.3, -0.25) is 0 Å². The highest BCUT2D eigenvalue weighted by Crippen LogP contribution is 2.09. The second-order valence-electron chi connectivity index (χ2n) is 3.12. The Balaban J connectivity index is 3.15. The van der Waals surface area contributed by atoms with Crippen LogP contribution >= 0.6 is 11.3 Å². The van der Waals surface area contributed by atoms with E-state index in [1.807, 2.05) is 18.4 Å². The number of nitrogens with two attached hydrogens (primary N) is 1. The van der Waals surface area contributed by atoms with Crippen molar-refractivity contribution in [2.24, 2.45) is 10.7 Å². The number of methoxy groups -OCH3 is 1. The molecule has 0 saturated carbocycles. The maximum atomic E-state index is 10.7. The highest BCUT2D eigenvalue weighted by Gasteiger charge is 2.06. The Hall–Kier alpha value is -1.14. The SMILES string of the molecule is COCCn1c(C)c(C)sc1=NC(N)=O. The lowest BCUT2D eigenvalue weighted by molar-refractivity contribution is 0.186. The van der Waals surface area contributed by atoms with Crippen LogP contribution in [0.15, 0.2) is 4.99 Å². The summed E-state index contributed by atoms with van der Waals surface area (Å²) < 4.78 is 6.93. The third-order valence-electron chi connectivity index (χ3n) is 2.11. The number of thiazole rings is 1. The highest BCUT2D eigenvalue weighted by molar-refractivity contribution is 7.09. The van der Waals surface area contributed by atoms with Crippen LogP contribution in [-0.4, -0.2) is 24.3 Å². The fourth-order valence-electron chi connectivity index (χ4n) is 1.22. The summed E-state index contributed by atoms with van der Waals surface area (Å²) in [5, 5.41) is 0. The topological polar surface area (TPSA) is 69.6 Å². The van der Waals surface area contributed by atoms with Crippen molar-refractivity contribution in [3.63, 3.8) is 0 Å². The Labute approximate surface area is 92.2 Å². The molecule has 2 N–H and O–H groups in total. The van der Waals surface area contributed by atoms with Gasteiger partial charge in [0.2, 0.25) is 0 Å². The number of ether oxygens (including phenoxy) is 1. The van der Waals surface area contributed by atoms with E-state index in [1.54, 1.807) is 7.11 Å². The maximum absolute atomic E-state index is 10.7. The van der Waals surface area contributed by atoms with Gasteiger partial charge in [-0.15, -0.1) is 11.3 Å². The number of hydrogen-bond acceptors (Lipinski definition) is 3. The Bertz CT molecular complexity index is 419. The summed E-state index contributed by atoms with van der Waals surface area (Å²) in [5.41, 5.74) is 6.13. The van der Waals surface area contributed by atoms with Gasteiger partial charge >= 0.3 is 6.03 Å². The van der Waals surface area contributed by atoms with Gasteiger partial charge in [0, 0.05) is 24.2 Å². The molecule has 0 spiro atoms. The van der Waals surface area contributed by atoms with Crippen LogP contribution < -0.4 is 10.5 Å². The van der Waals surface area contributed by atoms with Crippen molar-refractivity contribution in [2.45, 2.75) is 20.4 Å². The number of hydrogen-bond donors (Lipinski definition) is 1. The number of carbonyl (C=O) groups excluding carboxylic acids is 1. The van der Waals surface area contributed by atoms with Crippen molar-refractivity contribution in [1.82, 2.24) is 4.57 Å². The first-order valence-corrected chi connectivity index (χ1v) is 5.38. The second-order valence-corrected chi connectivity index (χ2v) is 4.30. The molecule has 0 atom stereocenters. The van der Waals surface area contributed by atoms with Crippen molar-refractivity contribution in [3.8, 4) is 0 Å². The molecule has 15 heavy (non-hydrogen) atoms. The molecule has 84 valence electrons. The normalized spacial score (nSPS) is 12.1. The summed E-state index contributed by atoms with van der Waals surface area (Å²) in [7, 11) is 1.64. The molecule has 1 heterocycles. The van der Waals surface area contributed by atoms with Crippen LogP contribution in [0.2, 0.25) is 0 Å². The third-order valence-corrected chi connectivity index (χ3v) is 3.21. The molecule has 1 rings (SSSR count). The van der Waals surface area contributed by atoms with Gasteiger partial charge in [0.15, 0.2) is 4.80 Å². The number of rotatable bonds is 3. The van der Waals surface area contributed by atoms with Crippen molar-refractivity contribution >= 4 is 17.4 Å². The lowest BCUT2D eigenvalue weighted by atomic mass is 10.4. The molecule has 2 amide bonds. The van der Waals surface area contributed by atoms with Crippen molar-refractivity contribution in [1.29, 1.82) is 0 Å². The molecular formula is C9H15N3O2S. The highest BCUT2D eigenvalue weighted by atomic mass is 32.1. The van der Waals surface area contributed by atoms with Crippen molar-refractivity contribution in [3.05, 3.63) is 15.4 Å². The summed E-state index contributed by atoms with van der Waals surface area (Å²) in [6.45, 7) is 5.24. The van der Waals surface area contributed by atoms with Crippen molar-refractivity contribution < 1.29 is 9.53 Å². The largest absolute Gasteiger partial charge is 0.383 e. The van der Waals surface area contributed by atoms with E-state index in [1.165, 1.54) is 11.3 Å². The van der Waals surface area contributed by atoms with Crippen LogP contribution in [0.4, 0.5) is 4.79 Å². The molecule has 0 bridgehead atoms. The molecule has 0 aliphatic carbocycles. The molecular weight excluding hydrogens is 214 g/mol. The van der Waals surface area contributed by atoms with Crippen LogP contribution in [0, 0.1) is 13.8 Å². The Morgan fingerprint density at radius 2 is 2.27 bits per heavy atom. The summed E-state index contributed by atoms with van der Waals surface area (Å²) in [4.78, 5) is 16.3. The predicted octanol–water partition coefficient (Wildman–Crippen LogP) is 0.792. The monoisotopic (exact) mass is 229 g/mol. The van der Waals surface area contributed by atoms with Crippen LogP contribution in [0.25, 0.3) is 0 Å². The third kappa shape index (κ3) is 2.90. The van der Waals surface area contributed by atoms with Crippen molar-refractivity contribution in [2.75, 3.05) is 13.7 Å². The Kier molecular flexibility index (Phi) is 4.05. The summed E-state index contributed by atoms with van der Waals surface area (Å²) in [5.74, 6) is 0. The Morgan fingerprint density at radius 3 is 2.80 bits per heavy atom. The van der Waals surface area contributed by atoms with E-state index < -0.39 is 6.03 Å². The van der Waals surface area contributed by atoms with Gasteiger partial charge in [0.25, 0.3) is 0 Å². The smallest absolute Gasteiger partial charge is 0.341 e. The van der Waals surface area contributed by atoms with E-state index >= 15 is 0 Å². The number of amides is 2. The lowest BCUT2D eigenvalue weighted by Gasteiger charge is -2.04. The predicted molar refractivity (Wildman–Crippen MR) is 58.8 cm³/mol. The summed E-state index contributed by atoms with van der Waals surface area (Å²) in [6.07, 6.45) is 0. The van der Waals surface area contributed by atoms with E-state index in [-0.39, 0.29) is 0 Å². The number of aromatic nitrogens is 1. The first kappa shape index (κ1) is 11.9. The number of nitrogens with zero attached hydrogens (tertiary/aromatic N) is 2. The fraction of sp³-hybridized carbons (Fsp3) is 0.556. The van der Waals surface area contributed by atoms with E-state index in [0.717, 1.165) is 10.6 Å². The van der Waals surface area contributed by atoms with Gasteiger partial charge in [-0.2, -0.15) is 4.99 Å². The zero-order valence-corrected chi connectivity index (χ0v) is 9.93. The fourth-order valence-corrected chi connectivity index (χ4v) is 2.23. The molecule has 6 heteroatoms. The molecule has 0 saturated heterocycles. The number of primary amides is 1. The second kappa shape index (κ2) is 5.09.